The van der Waals surface area contributed by atoms with Crippen molar-refractivity contribution in [3.05, 3.63) is 0 Å². The lowest BCUT2D eigenvalue weighted by molar-refractivity contribution is 0.153. The van der Waals surface area contributed by atoms with Gasteiger partial charge in [-0.2, -0.15) is 0 Å². The van der Waals surface area contributed by atoms with Crippen molar-refractivity contribution in [1.29, 1.82) is 0 Å². The average molecular weight is 158 g/mol. The van der Waals surface area contributed by atoms with Crippen molar-refractivity contribution in [3.8, 4) is 0 Å². The Kier molecular flexibility index (Phi) is 2.70. The van der Waals surface area contributed by atoms with Crippen molar-refractivity contribution in [3.63, 3.8) is 0 Å². The highest BCUT2D eigenvalue weighted by molar-refractivity contribution is 5.74. The lowest BCUT2D eigenvalue weighted by atomic mass is 10.2. The van der Waals surface area contributed by atoms with Crippen molar-refractivity contribution >= 4 is 6.03 Å². The van der Waals surface area contributed by atoms with Crippen molar-refractivity contribution in [2.24, 2.45) is 0 Å². The third kappa shape index (κ3) is 2.38. The molecule has 1 unspecified atom stereocenters. The van der Waals surface area contributed by atoms with Gasteiger partial charge in [0.05, 0.1) is 6.10 Å². The van der Waals surface area contributed by atoms with E-state index >= 15 is 0 Å². The number of rotatable bonds is 2. The molecule has 4 heteroatoms. The summed E-state index contributed by atoms with van der Waals surface area (Å²) >= 11 is 0. The lowest BCUT2D eigenvalue weighted by Gasteiger charge is -2.30. The summed E-state index contributed by atoms with van der Waals surface area (Å²) in [5.41, 5.74) is 0. The number of aliphatic hydroxyl groups is 1. The highest BCUT2D eigenvalue weighted by atomic mass is 16.3. The molecule has 1 atom stereocenters. The first-order chi connectivity index (χ1) is 5.20. The van der Waals surface area contributed by atoms with Crippen LogP contribution in [0.5, 0.6) is 0 Å². The first-order valence-corrected chi connectivity index (χ1v) is 3.91. The van der Waals surface area contributed by atoms with Gasteiger partial charge in [0.1, 0.15) is 0 Å². The first kappa shape index (κ1) is 8.33. The number of hydrogen-bond acceptors (Lipinski definition) is 2. The molecule has 1 saturated heterocycles. The first-order valence-electron chi connectivity index (χ1n) is 3.91. The van der Waals surface area contributed by atoms with Gasteiger partial charge in [-0.05, 0) is 13.3 Å². The van der Waals surface area contributed by atoms with Crippen LogP contribution in [0, 0.1) is 0 Å². The lowest BCUT2D eigenvalue weighted by Crippen LogP contribution is -2.49. The van der Waals surface area contributed by atoms with Gasteiger partial charge in [0.2, 0.25) is 0 Å². The summed E-state index contributed by atoms with van der Waals surface area (Å²) in [4.78, 5) is 12.8. The van der Waals surface area contributed by atoms with Gasteiger partial charge in [0.25, 0.3) is 0 Å². The fraction of sp³-hybridized carbons (Fsp3) is 0.857. The Morgan fingerprint density at radius 1 is 1.73 bits per heavy atom. The number of nitrogens with one attached hydrogen (secondary N) is 1. The van der Waals surface area contributed by atoms with Crippen LogP contribution in [0.15, 0.2) is 0 Å². The van der Waals surface area contributed by atoms with E-state index in [9.17, 15) is 4.79 Å². The molecule has 2 amide bonds. The molecule has 0 aliphatic carbocycles. The van der Waals surface area contributed by atoms with Crippen molar-refractivity contribution in [1.82, 2.24) is 10.2 Å². The number of urea groups is 1. The molecule has 1 heterocycles. The number of likely N-dealkylation sites (tertiary alicyclic amines) is 1. The largest absolute Gasteiger partial charge is 0.392 e. The van der Waals surface area contributed by atoms with Gasteiger partial charge in [-0.25, -0.2) is 4.79 Å². The van der Waals surface area contributed by atoms with E-state index in [0.717, 1.165) is 19.5 Å². The minimum absolute atomic E-state index is 0.0582. The summed E-state index contributed by atoms with van der Waals surface area (Å²) in [7, 11) is 0. The van der Waals surface area contributed by atoms with E-state index in [-0.39, 0.29) is 6.03 Å². The summed E-state index contributed by atoms with van der Waals surface area (Å²) in [6.07, 6.45) is 0.641. The molecule has 1 aliphatic rings. The molecule has 1 rings (SSSR count). The maximum atomic E-state index is 11.0. The second-order valence-corrected chi connectivity index (χ2v) is 2.88. The summed E-state index contributed by atoms with van der Waals surface area (Å²) in [6, 6.07) is -0.0582. The Hall–Kier alpha value is -0.770. The standard InChI is InChI=1S/C7H14N2O2/c1-6(10)5-8-7(11)9-3-2-4-9/h6,10H,2-5H2,1H3,(H,8,11). The van der Waals surface area contributed by atoms with E-state index in [4.69, 9.17) is 5.11 Å². The SMILES string of the molecule is CC(O)CNC(=O)N1CCC1. The van der Waals surface area contributed by atoms with Gasteiger partial charge in [-0.1, -0.05) is 0 Å². The van der Waals surface area contributed by atoms with Crippen molar-refractivity contribution in [2.45, 2.75) is 19.4 Å². The van der Waals surface area contributed by atoms with Crippen LogP contribution in [0.4, 0.5) is 4.79 Å². The average Bonchev–Trinajstić information content (AvgIpc) is 1.79. The number of amides is 2. The molecule has 0 aromatic carbocycles. The zero-order valence-electron chi connectivity index (χ0n) is 6.71. The Balaban J connectivity index is 2.10. The van der Waals surface area contributed by atoms with Crippen LogP contribution in [0.2, 0.25) is 0 Å². The van der Waals surface area contributed by atoms with Crippen molar-refractivity contribution < 1.29 is 9.90 Å². The van der Waals surface area contributed by atoms with Gasteiger partial charge in [-0.3, -0.25) is 0 Å². The maximum Gasteiger partial charge on any atom is 0.317 e. The summed E-state index contributed by atoms with van der Waals surface area (Å²) in [6.45, 7) is 3.70. The summed E-state index contributed by atoms with van der Waals surface area (Å²) < 4.78 is 0. The molecule has 4 nitrogen and oxygen atoms in total. The molecule has 0 radical (unpaired) electrons. The van der Waals surface area contributed by atoms with Crippen LogP contribution in [0.3, 0.4) is 0 Å². The number of nitrogens with zero attached hydrogens (tertiary/aromatic N) is 1. The number of carbonyl (C=O) groups excluding carboxylic acids is 1. The van der Waals surface area contributed by atoms with Crippen LogP contribution < -0.4 is 5.32 Å². The maximum absolute atomic E-state index is 11.0. The highest BCUT2D eigenvalue weighted by Gasteiger charge is 2.19. The topological polar surface area (TPSA) is 52.6 Å². The van der Waals surface area contributed by atoms with Crippen LogP contribution in [0.25, 0.3) is 0 Å². The van der Waals surface area contributed by atoms with E-state index in [1.54, 1.807) is 11.8 Å². The Bertz CT molecular complexity index is 143. The fourth-order valence-electron chi connectivity index (χ4n) is 0.866. The second-order valence-electron chi connectivity index (χ2n) is 2.88. The van der Waals surface area contributed by atoms with E-state index in [1.807, 2.05) is 0 Å². The molecule has 0 aromatic heterocycles. The quantitative estimate of drug-likeness (QED) is 0.584. The minimum atomic E-state index is -0.458. The van der Waals surface area contributed by atoms with Crippen LogP contribution >= 0.6 is 0 Å². The molecular formula is C7H14N2O2. The second kappa shape index (κ2) is 3.57. The van der Waals surface area contributed by atoms with Crippen LogP contribution in [0.1, 0.15) is 13.3 Å². The Labute approximate surface area is 66.2 Å². The normalized spacial score (nSPS) is 18.9. The Morgan fingerprint density at radius 2 is 2.36 bits per heavy atom. The van der Waals surface area contributed by atoms with Gasteiger partial charge in [0, 0.05) is 19.6 Å². The third-order valence-corrected chi connectivity index (χ3v) is 1.69. The van der Waals surface area contributed by atoms with E-state index < -0.39 is 6.10 Å². The van der Waals surface area contributed by atoms with Gasteiger partial charge in [0.15, 0.2) is 0 Å². The van der Waals surface area contributed by atoms with Crippen LogP contribution in [-0.4, -0.2) is 41.8 Å². The van der Waals surface area contributed by atoms with Crippen LogP contribution in [-0.2, 0) is 0 Å². The van der Waals surface area contributed by atoms with Gasteiger partial charge >= 0.3 is 6.03 Å². The monoisotopic (exact) mass is 158 g/mol. The highest BCUT2D eigenvalue weighted by Crippen LogP contribution is 2.04. The number of hydrogen-bond donors (Lipinski definition) is 2. The smallest absolute Gasteiger partial charge is 0.317 e. The Morgan fingerprint density at radius 3 is 2.73 bits per heavy atom. The zero-order chi connectivity index (χ0) is 8.27. The third-order valence-electron chi connectivity index (χ3n) is 1.69. The number of carbonyl (C=O) groups is 1. The van der Waals surface area contributed by atoms with Crippen molar-refractivity contribution in [2.75, 3.05) is 19.6 Å². The predicted octanol–water partition coefficient (Wildman–Crippen LogP) is -0.217. The van der Waals surface area contributed by atoms with E-state index in [2.05, 4.69) is 5.32 Å². The molecule has 0 spiro atoms. The number of aliphatic hydroxyl groups excluding tert-OH is 1. The molecule has 1 fully saturated rings. The zero-order valence-corrected chi connectivity index (χ0v) is 6.71. The molecule has 0 bridgehead atoms. The summed E-state index contributed by atoms with van der Waals surface area (Å²) in [5, 5.41) is 11.5. The summed E-state index contributed by atoms with van der Waals surface area (Å²) in [5.74, 6) is 0. The molecular weight excluding hydrogens is 144 g/mol. The minimum Gasteiger partial charge on any atom is -0.392 e. The van der Waals surface area contributed by atoms with E-state index in [1.165, 1.54) is 0 Å². The van der Waals surface area contributed by atoms with Gasteiger partial charge in [-0.15, -0.1) is 0 Å². The molecule has 1 aliphatic heterocycles. The van der Waals surface area contributed by atoms with E-state index in [0.29, 0.717) is 6.54 Å². The molecule has 11 heavy (non-hydrogen) atoms. The molecule has 2 N–H and O–H groups in total. The fourth-order valence-corrected chi connectivity index (χ4v) is 0.866. The molecule has 0 saturated carbocycles. The predicted molar refractivity (Wildman–Crippen MR) is 41.3 cm³/mol. The van der Waals surface area contributed by atoms with Gasteiger partial charge < -0.3 is 15.3 Å². The molecule has 0 aromatic rings. The molecule has 64 valence electrons.